The summed E-state index contributed by atoms with van der Waals surface area (Å²) in [5.74, 6) is 2.31. The monoisotopic (exact) mass is 432 g/mol. The van der Waals surface area contributed by atoms with E-state index in [0.717, 1.165) is 55.4 Å². The number of fused-ring (bicyclic) bond motifs is 2. The summed E-state index contributed by atoms with van der Waals surface area (Å²) < 4.78 is 13.8. The second kappa shape index (κ2) is 7.34. The lowest BCUT2D eigenvalue weighted by Gasteiger charge is -2.22. The highest BCUT2D eigenvalue weighted by Gasteiger charge is 2.44. The maximum absolute atomic E-state index is 12.8. The summed E-state index contributed by atoms with van der Waals surface area (Å²) in [5.41, 5.74) is 1.07. The van der Waals surface area contributed by atoms with Crippen LogP contribution in [0, 0.1) is 5.41 Å². The molecule has 0 N–H and O–H groups in total. The molecule has 1 saturated heterocycles. The maximum atomic E-state index is 12.8. The van der Waals surface area contributed by atoms with Crippen LogP contribution < -0.4 is 20.6 Å². The molecular formula is C24H24N4O4. The van der Waals surface area contributed by atoms with Gasteiger partial charge < -0.3 is 9.47 Å². The van der Waals surface area contributed by atoms with Gasteiger partial charge in [0.05, 0.1) is 6.54 Å². The van der Waals surface area contributed by atoms with E-state index in [-0.39, 0.29) is 12.2 Å². The molecule has 4 heterocycles. The van der Waals surface area contributed by atoms with Crippen LogP contribution in [-0.4, -0.2) is 39.1 Å². The lowest BCUT2D eigenvalue weighted by Crippen LogP contribution is -2.43. The lowest BCUT2D eigenvalue weighted by atomic mass is 9.86. The number of likely N-dealkylation sites (tertiary alicyclic amines) is 1. The van der Waals surface area contributed by atoms with Gasteiger partial charge in [0, 0.05) is 31.5 Å². The Morgan fingerprint density at radius 2 is 1.75 bits per heavy atom. The standard InChI is InChI=1S/C24H24N4O4/c29-22-23(30)28(13-17-4-2-1-3-5-17)25-21-11-24(15-27(21)22)8-9-26(14-24)12-18-6-7-19-20(10-18)32-16-31-19/h1-7,10H,8-9,11-16H2/t24-/m1/s1. The normalized spacial score (nSPS) is 21.4. The van der Waals surface area contributed by atoms with Crippen molar-refractivity contribution in [3.63, 3.8) is 0 Å². The van der Waals surface area contributed by atoms with Gasteiger partial charge in [-0.05, 0) is 36.2 Å². The Hall–Kier alpha value is -3.39. The minimum atomic E-state index is -0.551. The van der Waals surface area contributed by atoms with Crippen LogP contribution in [0.4, 0.5) is 0 Å². The molecule has 6 rings (SSSR count). The fourth-order valence-corrected chi connectivity index (χ4v) is 5.20. The third kappa shape index (κ3) is 3.31. The largest absolute Gasteiger partial charge is 0.454 e. The highest BCUT2D eigenvalue weighted by molar-refractivity contribution is 5.44. The van der Waals surface area contributed by atoms with E-state index in [2.05, 4.69) is 16.1 Å². The predicted molar refractivity (Wildman–Crippen MR) is 117 cm³/mol. The van der Waals surface area contributed by atoms with Crippen molar-refractivity contribution < 1.29 is 9.47 Å². The second-order valence-corrected chi connectivity index (χ2v) is 9.08. The molecule has 32 heavy (non-hydrogen) atoms. The summed E-state index contributed by atoms with van der Waals surface area (Å²) in [6.07, 6.45) is 1.70. The van der Waals surface area contributed by atoms with E-state index in [1.165, 1.54) is 10.2 Å². The van der Waals surface area contributed by atoms with E-state index >= 15 is 0 Å². The van der Waals surface area contributed by atoms with E-state index in [0.29, 0.717) is 13.1 Å². The smallest absolute Gasteiger partial charge is 0.332 e. The fourth-order valence-electron chi connectivity index (χ4n) is 5.20. The molecule has 0 amide bonds. The van der Waals surface area contributed by atoms with Crippen molar-refractivity contribution in [2.45, 2.75) is 32.5 Å². The van der Waals surface area contributed by atoms with Crippen molar-refractivity contribution >= 4 is 0 Å². The Morgan fingerprint density at radius 3 is 2.62 bits per heavy atom. The van der Waals surface area contributed by atoms with Gasteiger partial charge in [-0.1, -0.05) is 36.4 Å². The van der Waals surface area contributed by atoms with Crippen molar-refractivity contribution in [2.75, 3.05) is 19.9 Å². The molecule has 0 radical (unpaired) electrons. The summed E-state index contributed by atoms with van der Waals surface area (Å²) in [6.45, 7) is 3.79. The van der Waals surface area contributed by atoms with Crippen LogP contribution in [0.1, 0.15) is 23.4 Å². The van der Waals surface area contributed by atoms with Gasteiger partial charge in [-0.3, -0.25) is 19.1 Å². The van der Waals surface area contributed by atoms with Gasteiger partial charge in [0.2, 0.25) is 6.79 Å². The van der Waals surface area contributed by atoms with Crippen LogP contribution in [0.2, 0.25) is 0 Å². The molecule has 8 heteroatoms. The van der Waals surface area contributed by atoms with Crippen LogP contribution in [0.5, 0.6) is 11.5 Å². The molecule has 1 atom stereocenters. The SMILES string of the molecule is O=c1c(=O)n2c(nn1Cc1ccccc1)C[C@@]1(CCN(Cc3ccc4c(c3)OCO4)C1)C2. The molecule has 3 aliphatic rings. The first-order chi connectivity index (χ1) is 15.6. The third-order valence-corrected chi connectivity index (χ3v) is 6.77. The molecule has 164 valence electrons. The predicted octanol–water partition coefficient (Wildman–Crippen LogP) is 1.63. The number of aromatic nitrogens is 3. The molecule has 0 bridgehead atoms. The van der Waals surface area contributed by atoms with E-state index in [1.54, 1.807) is 4.57 Å². The Morgan fingerprint density at radius 1 is 0.906 bits per heavy atom. The topological polar surface area (TPSA) is 78.6 Å². The number of ether oxygens (including phenoxy) is 2. The molecule has 3 aliphatic heterocycles. The van der Waals surface area contributed by atoms with Crippen LogP contribution >= 0.6 is 0 Å². The Bertz CT molecular complexity index is 1300. The molecule has 0 unspecified atom stereocenters. The summed E-state index contributed by atoms with van der Waals surface area (Å²) in [4.78, 5) is 27.9. The van der Waals surface area contributed by atoms with Crippen molar-refractivity contribution in [3.05, 3.63) is 86.2 Å². The molecule has 8 nitrogen and oxygen atoms in total. The number of benzene rings is 2. The van der Waals surface area contributed by atoms with Crippen molar-refractivity contribution in [1.29, 1.82) is 0 Å². The summed E-state index contributed by atoms with van der Waals surface area (Å²) in [6, 6.07) is 15.7. The Kier molecular flexibility index (Phi) is 4.43. The Balaban J connectivity index is 1.20. The highest BCUT2D eigenvalue weighted by Crippen LogP contribution is 2.40. The van der Waals surface area contributed by atoms with Gasteiger partial charge >= 0.3 is 11.1 Å². The quantitative estimate of drug-likeness (QED) is 0.583. The number of nitrogens with zero attached hydrogens (tertiary/aromatic N) is 4. The first-order valence-corrected chi connectivity index (χ1v) is 10.9. The van der Waals surface area contributed by atoms with E-state index in [9.17, 15) is 9.59 Å². The highest BCUT2D eigenvalue weighted by atomic mass is 16.7. The maximum Gasteiger partial charge on any atom is 0.332 e. The van der Waals surface area contributed by atoms with Crippen LogP contribution in [0.3, 0.4) is 0 Å². The van der Waals surface area contributed by atoms with E-state index in [1.807, 2.05) is 42.5 Å². The zero-order valence-electron chi connectivity index (χ0n) is 17.7. The summed E-state index contributed by atoms with van der Waals surface area (Å²) in [7, 11) is 0. The van der Waals surface area contributed by atoms with E-state index in [4.69, 9.17) is 9.47 Å². The van der Waals surface area contributed by atoms with Gasteiger partial charge in [-0.2, -0.15) is 5.10 Å². The second-order valence-electron chi connectivity index (χ2n) is 9.08. The average molecular weight is 432 g/mol. The molecule has 3 aromatic rings. The number of hydrogen-bond acceptors (Lipinski definition) is 6. The number of rotatable bonds is 4. The molecule has 2 aromatic carbocycles. The molecule has 1 spiro atoms. The zero-order valence-corrected chi connectivity index (χ0v) is 17.7. The Labute approximate surface area is 184 Å². The average Bonchev–Trinajstić information content (AvgIpc) is 3.51. The first-order valence-electron chi connectivity index (χ1n) is 10.9. The van der Waals surface area contributed by atoms with Crippen LogP contribution in [0.15, 0.2) is 58.1 Å². The number of hydrogen-bond donors (Lipinski definition) is 0. The zero-order chi connectivity index (χ0) is 21.7. The minimum Gasteiger partial charge on any atom is -0.454 e. The van der Waals surface area contributed by atoms with E-state index < -0.39 is 11.1 Å². The van der Waals surface area contributed by atoms with Crippen molar-refractivity contribution in [3.8, 4) is 11.5 Å². The molecule has 1 aromatic heterocycles. The summed E-state index contributed by atoms with van der Waals surface area (Å²) >= 11 is 0. The first kappa shape index (κ1) is 19.3. The molecule has 0 saturated carbocycles. The lowest BCUT2D eigenvalue weighted by molar-refractivity contribution is 0.174. The van der Waals surface area contributed by atoms with Crippen LogP contribution in [0.25, 0.3) is 0 Å². The van der Waals surface area contributed by atoms with Gasteiger partial charge in [0.1, 0.15) is 5.82 Å². The van der Waals surface area contributed by atoms with Gasteiger partial charge in [-0.25, -0.2) is 4.68 Å². The van der Waals surface area contributed by atoms with Gasteiger partial charge in [-0.15, -0.1) is 0 Å². The minimum absolute atomic E-state index is 0.0477. The molecule has 1 fully saturated rings. The van der Waals surface area contributed by atoms with Gasteiger partial charge in [0.25, 0.3) is 0 Å². The van der Waals surface area contributed by atoms with Crippen LogP contribution in [-0.2, 0) is 26.1 Å². The fraction of sp³-hybridized carbons (Fsp3) is 0.375. The molecular weight excluding hydrogens is 408 g/mol. The third-order valence-electron chi connectivity index (χ3n) is 6.77. The summed E-state index contributed by atoms with van der Waals surface area (Å²) in [5, 5.41) is 4.59. The van der Waals surface area contributed by atoms with Crippen molar-refractivity contribution in [1.82, 2.24) is 19.2 Å². The van der Waals surface area contributed by atoms with Gasteiger partial charge in [0.15, 0.2) is 11.5 Å². The van der Waals surface area contributed by atoms with Crippen molar-refractivity contribution in [2.24, 2.45) is 5.41 Å². The molecule has 0 aliphatic carbocycles.